The average Bonchev–Trinajstić information content (AvgIpc) is 2.65. The van der Waals surface area contributed by atoms with Crippen LogP contribution in [0.3, 0.4) is 0 Å². The Balaban J connectivity index is 1.92. The summed E-state index contributed by atoms with van der Waals surface area (Å²) in [7, 11) is 0. The zero-order valence-corrected chi connectivity index (χ0v) is 14.9. The maximum Gasteiger partial charge on any atom is 0.416 e. The molecule has 144 valence electrons. The van der Waals surface area contributed by atoms with E-state index in [-0.39, 0.29) is 11.3 Å². The molecule has 3 rings (SSSR count). The predicted octanol–water partition coefficient (Wildman–Crippen LogP) is 3.66. The van der Waals surface area contributed by atoms with Crippen molar-refractivity contribution in [1.29, 1.82) is 0 Å². The van der Waals surface area contributed by atoms with E-state index in [9.17, 15) is 22.8 Å². The fraction of sp³-hybridized carbons (Fsp3) is 0.421. The molecule has 0 aliphatic carbocycles. The SMILES string of the molecule is CCCCn1nc(C(=O)N2CCCc3cc(C(F)(F)F)ccc32)ccc1=O. The van der Waals surface area contributed by atoms with Crippen LogP contribution in [0.5, 0.6) is 0 Å². The highest BCUT2D eigenvalue weighted by molar-refractivity contribution is 6.05. The van der Waals surface area contributed by atoms with Gasteiger partial charge in [0.05, 0.1) is 5.56 Å². The second kappa shape index (κ2) is 7.54. The van der Waals surface area contributed by atoms with Gasteiger partial charge >= 0.3 is 6.18 Å². The molecule has 2 heterocycles. The van der Waals surface area contributed by atoms with E-state index in [0.717, 1.165) is 25.0 Å². The van der Waals surface area contributed by atoms with E-state index >= 15 is 0 Å². The van der Waals surface area contributed by atoms with Gasteiger partial charge in [-0.1, -0.05) is 13.3 Å². The molecule has 0 atom stereocenters. The number of unbranched alkanes of at least 4 members (excludes halogenated alkanes) is 1. The van der Waals surface area contributed by atoms with Crippen LogP contribution in [0.15, 0.2) is 35.1 Å². The molecule has 8 heteroatoms. The highest BCUT2D eigenvalue weighted by atomic mass is 19.4. The first-order chi connectivity index (χ1) is 12.8. The Morgan fingerprint density at radius 3 is 2.70 bits per heavy atom. The standard InChI is InChI=1S/C19H20F3N3O2/c1-2-3-11-25-17(26)9-7-15(23-25)18(27)24-10-4-5-13-12-14(19(20,21)22)6-8-16(13)24/h6-9,12H,2-5,10-11H2,1H3. The largest absolute Gasteiger partial charge is 0.416 e. The monoisotopic (exact) mass is 379 g/mol. The third kappa shape index (κ3) is 4.04. The van der Waals surface area contributed by atoms with Gasteiger partial charge in [0.25, 0.3) is 11.5 Å². The van der Waals surface area contributed by atoms with Gasteiger partial charge in [-0.05, 0) is 49.1 Å². The number of hydrogen-bond donors (Lipinski definition) is 0. The van der Waals surface area contributed by atoms with Crippen LogP contribution in [0, 0.1) is 0 Å². The van der Waals surface area contributed by atoms with Gasteiger partial charge < -0.3 is 4.90 Å². The van der Waals surface area contributed by atoms with E-state index in [1.165, 1.54) is 27.8 Å². The molecule has 0 saturated carbocycles. The number of amides is 1. The summed E-state index contributed by atoms with van der Waals surface area (Å²) in [5.74, 6) is -0.416. The first-order valence-corrected chi connectivity index (χ1v) is 8.91. The van der Waals surface area contributed by atoms with Crippen LogP contribution in [-0.4, -0.2) is 22.2 Å². The van der Waals surface area contributed by atoms with E-state index in [4.69, 9.17) is 0 Å². The molecule has 0 spiro atoms. The van der Waals surface area contributed by atoms with Gasteiger partial charge in [-0.25, -0.2) is 4.68 Å². The molecule has 1 aliphatic rings. The molecular formula is C19H20F3N3O2. The summed E-state index contributed by atoms with van der Waals surface area (Å²) < 4.78 is 40.1. The van der Waals surface area contributed by atoms with Crippen LogP contribution in [0.2, 0.25) is 0 Å². The fourth-order valence-electron chi connectivity index (χ4n) is 3.15. The van der Waals surface area contributed by atoms with E-state index in [1.807, 2.05) is 6.92 Å². The number of carbonyl (C=O) groups is 1. The highest BCUT2D eigenvalue weighted by Gasteiger charge is 2.33. The fourth-order valence-corrected chi connectivity index (χ4v) is 3.15. The van der Waals surface area contributed by atoms with E-state index in [2.05, 4.69) is 5.10 Å². The number of aryl methyl sites for hydroxylation is 2. The van der Waals surface area contributed by atoms with E-state index < -0.39 is 17.6 Å². The lowest BCUT2D eigenvalue weighted by molar-refractivity contribution is -0.137. The lowest BCUT2D eigenvalue weighted by Gasteiger charge is -2.30. The van der Waals surface area contributed by atoms with Gasteiger partial charge in [0.2, 0.25) is 0 Å². The lowest BCUT2D eigenvalue weighted by atomic mass is 9.98. The third-order valence-corrected chi connectivity index (χ3v) is 4.58. The molecule has 0 unspecified atom stereocenters. The molecule has 1 aliphatic heterocycles. The number of hydrogen-bond acceptors (Lipinski definition) is 3. The van der Waals surface area contributed by atoms with Crippen LogP contribution in [0.1, 0.15) is 47.8 Å². The first-order valence-electron chi connectivity index (χ1n) is 8.91. The zero-order valence-electron chi connectivity index (χ0n) is 14.9. The smallest absolute Gasteiger partial charge is 0.307 e. The summed E-state index contributed by atoms with van der Waals surface area (Å²) in [6.45, 7) is 2.80. The van der Waals surface area contributed by atoms with Gasteiger partial charge in [0.15, 0.2) is 0 Å². The van der Waals surface area contributed by atoms with Crippen molar-refractivity contribution >= 4 is 11.6 Å². The van der Waals surface area contributed by atoms with Crippen molar-refractivity contribution in [3.05, 3.63) is 57.5 Å². The van der Waals surface area contributed by atoms with Gasteiger partial charge in [0.1, 0.15) is 5.69 Å². The summed E-state index contributed by atoms with van der Waals surface area (Å²) in [5.41, 5.74) is 0.0604. The van der Waals surface area contributed by atoms with Crippen LogP contribution < -0.4 is 10.5 Å². The summed E-state index contributed by atoms with van der Waals surface area (Å²) in [4.78, 5) is 26.2. The number of carbonyl (C=O) groups excluding carboxylic acids is 1. The molecule has 2 aromatic rings. The Kier molecular flexibility index (Phi) is 5.34. The van der Waals surface area contributed by atoms with Gasteiger partial charge in [0, 0.05) is 24.8 Å². The van der Waals surface area contributed by atoms with Crippen LogP contribution in [-0.2, 0) is 19.1 Å². The quantitative estimate of drug-likeness (QED) is 0.815. The Labute approximate surface area is 154 Å². The lowest BCUT2D eigenvalue weighted by Crippen LogP contribution is -2.37. The van der Waals surface area contributed by atoms with Crippen LogP contribution in [0.25, 0.3) is 0 Å². The first kappa shape index (κ1) is 19.1. The van der Waals surface area contributed by atoms with Crippen molar-refractivity contribution in [1.82, 2.24) is 9.78 Å². The van der Waals surface area contributed by atoms with Crippen molar-refractivity contribution in [2.45, 2.75) is 45.3 Å². The van der Waals surface area contributed by atoms with Gasteiger partial charge in [-0.2, -0.15) is 18.3 Å². The highest BCUT2D eigenvalue weighted by Crippen LogP contribution is 2.35. The van der Waals surface area contributed by atoms with Gasteiger partial charge in [-0.3, -0.25) is 9.59 Å². The molecule has 5 nitrogen and oxygen atoms in total. The number of benzene rings is 1. The molecule has 0 N–H and O–H groups in total. The van der Waals surface area contributed by atoms with Crippen molar-refractivity contribution in [2.24, 2.45) is 0 Å². The van der Waals surface area contributed by atoms with Crippen molar-refractivity contribution in [3.8, 4) is 0 Å². The molecule has 0 saturated heterocycles. The molecule has 27 heavy (non-hydrogen) atoms. The Morgan fingerprint density at radius 2 is 2.00 bits per heavy atom. The topological polar surface area (TPSA) is 55.2 Å². The second-order valence-electron chi connectivity index (χ2n) is 6.54. The van der Waals surface area contributed by atoms with Crippen molar-refractivity contribution in [3.63, 3.8) is 0 Å². The maximum absolute atomic E-state index is 12.9. The number of fused-ring (bicyclic) bond motifs is 1. The van der Waals surface area contributed by atoms with Crippen LogP contribution >= 0.6 is 0 Å². The second-order valence-corrected chi connectivity index (χ2v) is 6.54. The van der Waals surface area contributed by atoms with Gasteiger partial charge in [-0.15, -0.1) is 0 Å². The molecule has 1 aromatic carbocycles. The summed E-state index contributed by atoms with van der Waals surface area (Å²) >= 11 is 0. The number of rotatable bonds is 4. The molecule has 0 radical (unpaired) electrons. The van der Waals surface area contributed by atoms with Crippen molar-refractivity contribution < 1.29 is 18.0 Å². The Morgan fingerprint density at radius 1 is 1.22 bits per heavy atom. The maximum atomic E-state index is 12.9. The minimum atomic E-state index is -4.42. The van der Waals surface area contributed by atoms with Crippen LogP contribution in [0.4, 0.5) is 18.9 Å². The van der Waals surface area contributed by atoms with E-state index in [0.29, 0.717) is 37.2 Å². The number of anilines is 1. The normalized spacial score (nSPS) is 14.1. The summed E-state index contributed by atoms with van der Waals surface area (Å²) in [6, 6.07) is 6.09. The zero-order chi connectivity index (χ0) is 19.6. The number of nitrogens with zero attached hydrogens (tertiary/aromatic N) is 3. The van der Waals surface area contributed by atoms with Crippen molar-refractivity contribution in [2.75, 3.05) is 11.4 Å². The molecule has 1 amide bonds. The average molecular weight is 379 g/mol. The summed E-state index contributed by atoms with van der Waals surface area (Å²) in [5, 5.41) is 4.15. The third-order valence-electron chi connectivity index (χ3n) is 4.58. The van der Waals surface area contributed by atoms with E-state index in [1.54, 1.807) is 0 Å². The number of aromatic nitrogens is 2. The minimum Gasteiger partial charge on any atom is -0.307 e. The predicted molar refractivity (Wildman–Crippen MR) is 94.8 cm³/mol. The Hall–Kier alpha value is -2.64. The number of halogens is 3. The molecule has 0 bridgehead atoms. The summed E-state index contributed by atoms with van der Waals surface area (Å²) in [6.07, 6.45) is -1.73. The number of alkyl halides is 3. The molecule has 0 fully saturated rings. The minimum absolute atomic E-state index is 0.110. The Bertz CT molecular complexity index is 906. The molecule has 1 aromatic heterocycles. The molecular weight excluding hydrogens is 359 g/mol.